The number of rotatable bonds is 8. The second-order valence-electron chi connectivity index (χ2n) is 8.14. The standard InChI is InChI=1S/C24H30FN3O4S/c1-5-24(29)28-13-12-27(15-18(28)3)16-23(19-7-6-17(2)22(25)14-19)32-20-8-10-21(11-9-20)33(30,31)26-4/h5-11,14,18,23,26H,1,12-13,15-16H2,2-4H3/t18-,23+/m1/s1. The summed E-state index contributed by atoms with van der Waals surface area (Å²) in [5.74, 6) is 0.0723. The Morgan fingerprint density at radius 1 is 1.27 bits per heavy atom. The molecular weight excluding hydrogens is 445 g/mol. The minimum Gasteiger partial charge on any atom is -0.484 e. The van der Waals surface area contributed by atoms with Crippen LogP contribution in [-0.4, -0.2) is 63.4 Å². The fraction of sp³-hybridized carbons (Fsp3) is 0.375. The van der Waals surface area contributed by atoms with E-state index in [4.69, 9.17) is 4.74 Å². The Balaban J connectivity index is 1.81. The number of nitrogens with one attached hydrogen (secondary N) is 1. The minimum absolute atomic E-state index is 0.00527. The first-order valence-electron chi connectivity index (χ1n) is 10.8. The molecule has 0 bridgehead atoms. The molecule has 1 amide bonds. The Bertz CT molecular complexity index is 1110. The lowest BCUT2D eigenvalue weighted by atomic mass is 10.0. The number of ether oxygens (including phenoxy) is 1. The van der Waals surface area contributed by atoms with Crippen molar-refractivity contribution in [3.8, 4) is 5.75 Å². The van der Waals surface area contributed by atoms with E-state index in [0.29, 0.717) is 43.1 Å². The van der Waals surface area contributed by atoms with Crippen LogP contribution in [0.4, 0.5) is 4.39 Å². The summed E-state index contributed by atoms with van der Waals surface area (Å²) in [5, 5.41) is 0. The Labute approximate surface area is 194 Å². The molecule has 0 saturated carbocycles. The smallest absolute Gasteiger partial charge is 0.246 e. The molecule has 0 unspecified atom stereocenters. The van der Waals surface area contributed by atoms with Gasteiger partial charge in [0.15, 0.2) is 0 Å². The molecule has 2 aromatic carbocycles. The van der Waals surface area contributed by atoms with Crippen LogP contribution in [0.3, 0.4) is 0 Å². The summed E-state index contributed by atoms with van der Waals surface area (Å²) in [6, 6.07) is 11.1. The van der Waals surface area contributed by atoms with E-state index in [0.717, 1.165) is 0 Å². The van der Waals surface area contributed by atoms with Crippen molar-refractivity contribution >= 4 is 15.9 Å². The minimum atomic E-state index is -3.55. The summed E-state index contributed by atoms with van der Waals surface area (Å²) in [4.78, 5) is 16.1. The Morgan fingerprint density at radius 3 is 2.55 bits per heavy atom. The van der Waals surface area contributed by atoms with E-state index < -0.39 is 16.1 Å². The first kappa shape index (κ1) is 24.9. The van der Waals surface area contributed by atoms with Crippen LogP contribution in [0.2, 0.25) is 0 Å². The van der Waals surface area contributed by atoms with Gasteiger partial charge in [0.1, 0.15) is 17.7 Å². The topological polar surface area (TPSA) is 79.0 Å². The predicted molar refractivity (Wildman–Crippen MR) is 125 cm³/mol. The van der Waals surface area contributed by atoms with E-state index in [-0.39, 0.29) is 22.7 Å². The van der Waals surface area contributed by atoms with Gasteiger partial charge in [0.05, 0.1) is 4.90 Å². The van der Waals surface area contributed by atoms with Crippen LogP contribution in [0.5, 0.6) is 5.75 Å². The second-order valence-corrected chi connectivity index (χ2v) is 10.0. The Kier molecular flexibility index (Phi) is 7.88. The number of amides is 1. The second kappa shape index (κ2) is 10.5. The molecular formula is C24H30FN3O4S. The number of aryl methyl sites for hydroxylation is 1. The fourth-order valence-corrected chi connectivity index (χ4v) is 4.61. The molecule has 9 heteroatoms. The van der Waals surface area contributed by atoms with Gasteiger partial charge in [-0.25, -0.2) is 17.5 Å². The zero-order chi connectivity index (χ0) is 24.2. The van der Waals surface area contributed by atoms with E-state index in [1.165, 1.54) is 31.3 Å². The monoisotopic (exact) mass is 475 g/mol. The van der Waals surface area contributed by atoms with E-state index >= 15 is 0 Å². The molecule has 1 aliphatic heterocycles. The largest absolute Gasteiger partial charge is 0.484 e. The summed E-state index contributed by atoms with van der Waals surface area (Å²) in [6.45, 7) is 9.60. The molecule has 0 aromatic heterocycles. The molecule has 178 valence electrons. The number of piperazine rings is 1. The highest BCUT2D eigenvalue weighted by atomic mass is 32.2. The van der Waals surface area contributed by atoms with E-state index in [9.17, 15) is 17.6 Å². The maximum Gasteiger partial charge on any atom is 0.246 e. The SMILES string of the molecule is C=CC(=O)N1CCN(C[C@H](Oc2ccc(S(=O)(=O)NC)cc2)c2ccc(C)c(F)c2)C[C@H]1C. The highest BCUT2D eigenvalue weighted by molar-refractivity contribution is 7.89. The third-order valence-corrected chi connectivity index (χ3v) is 7.27. The summed E-state index contributed by atoms with van der Waals surface area (Å²) in [5.41, 5.74) is 1.23. The lowest BCUT2D eigenvalue weighted by Crippen LogP contribution is -2.54. The highest BCUT2D eigenvalue weighted by Gasteiger charge is 2.28. The summed E-state index contributed by atoms with van der Waals surface area (Å²) >= 11 is 0. The third kappa shape index (κ3) is 5.98. The molecule has 0 spiro atoms. The molecule has 1 heterocycles. The molecule has 1 N–H and O–H groups in total. The van der Waals surface area contributed by atoms with Gasteiger partial charge in [0.2, 0.25) is 15.9 Å². The Morgan fingerprint density at radius 2 is 1.97 bits per heavy atom. The van der Waals surface area contributed by atoms with E-state index in [1.807, 2.05) is 13.0 Å². The fourth-order valence-electron chi connectivity index (χ4n) is 3.88. The van der Waals surface area contributed by atoms with Gasteiger partial charge >= 0.3 is 0 Å². The van der Waals surface area contributed by atoms with Gasteiger partial charge in [0, 0.05) is 32.2 Å². The average Bonchev–Trinajstić information content (AvgIpc) is 2.80. The van der Waals surface area contributed by atoms with Crippen LogP contribution in [0.1, 0.15) is 24.2 Å². The number of carbonyl (C=O) groups is 1. The van der Waals surface area contributed by atoms with Crippen LogP contribution in [-0.2, 0) is 14.8 Å². The number of carbonyl (C=O) groups excluding carboxylic acids is 1. The van der Waals surface area contributed by atoms with Crippen molar-refractivity contribution in [2.45, 2.75) is 30.9 Å². The van der Waals surface area contributed by atoms with Crippen molar-refractivity contribution in [1.82, 2.24) is 14.5 Å². The van der Waals surface area contributed by atoms with Crippen LogP contribution in [0.25, 0.3) is 0 Å². The lowest BCUT2D eigenvalue weighted by molar-refractivity contribution is -0.130. The number of hydrogen-bond donors (Lipinski definition) is 1. The van der Waals surface area contributed by atoms with Gasteiger partial charge in [0.25, 0.3) is 0 Å². The van der Waals surface area contributed by atoms with E-state index in [2.05, 4.69) is 16.2 Å². The van der Waals surface area contributed by atoms with Crippen molar-refractivity contribution < 1.29 is 22.3 Å². The lowest BCUT2D eigenvalue weighted by Gasteiger charge is -2.40. The summed E-state index contributed by atoms with van der Waals surface area (Å²) < 4.78 is 46.8. The third-order valence-electron chi connectivity index (χ3n) is 5.84. The number of nitrogens with zero attached hydrogens (tertiary/aromatic N) is 2. The van der Waals surface area contributed by atoms with Gasteiger partial charge in [-0.1, -0.05) is 18.7 Å². The number of hydrogen-bond acceptors (Lipinski definition) is 5. The van der Waals surface area contributed by atoms with Crippen LogP contribution in [0, 0.1) is 12.7 Å². The molecule has 0 aliphatic carbocycles. The van der Waals surface area contributed by atoms with Crippen LogP contribution in [0.15, 0.2) is 60.0 Å². The normalized spacial score (nSPS) is 18.1. The van der Waals surface area contributed by atoms with Gasteiger partial charge in [-0.3, -0.25) is 9.69 Å². The summed E-state index contributed by atoms with van der Waals surface area (Å²) in [7, 11) is -2.20. The van der Waals surface area contributed by atoms with Crippen LogP contribution >= 0.6 is 0 Å². The Hall–Kier alpha value is -2.75. The van der Waals surface area contributed by atoms with Gasteiger partial charge in [-0.15, -0.1) is 0 Å². The van der Waals surface area contributed by atoms with Crippen molar-refractivity contribution in [1.29, 1.82) is 0 Å². The maximum atomic E-state index is 14.3. The molecule has 7 nitrogen and oxygen atoms in total. The van der Waals surface area contributed by atoms with Gasteiger partial charge in [-0.2, -0.15) is 0 Å². The molecule has 1 fully saturated rings. The molecule has 2 aromatic rings. The van der Waals surface area contributed by atoms with Gasteiger partial charge in [-0.05, 0) is 68.4 Å². The molecule has 2 atom stereocenters. The van der Waals surface area contributed by atoms with Crippen molar-refractivity contribution in [2.24, 2.45) is 0 Å². The highest BCUT2D eigenvalue weighted by Crippen LogP contribution is 2.27. The number of benzene rings is 2. The van der Waals surface area contributed by atoms with Crippen molar-refractivity contribution in [2.75, 3.05) is 33.2 Å². The quantitative estimate of drug-likeness (QED) is 0.594. The van der Waals surface area contributed by atoms with Gasteiger partial charge < -0.3 is 9.64 Å². The van der Waals surface area contributed by atoms with Crippen LogP contribution < -0.4 is 9.46 Å². The first-order chi connectivity index (χ1) is 15.6. The first-order valence-corrected chi connectivity index (χ1v) is 12.2. The summed E-state index contributed by atoms with van der Waals surface area (Å²) in [6.07, 6.45) is 0.839. The maximum absolute atomic E-state index is 14.3. The molecule has 1 saturated heterocycles. The number of sulfonamides is 1. The molecule has 3 rings (SSSR count). The van der Waals surface area contributed by atoms with E-state index in [1.54, 1.807) is 30.0 Å². The van der Waals surface area contributed by atoms with Crippen molar-refractivity contribution in [3.63, 3.8) is 0 Å². The predicted octanol–water partition coefficient (Wildman–Crippen LogP) is 2.88. The molecule has 33 heavy (non-hydrogen) atoms. The molecule has 0 radical (unpaired) electrons. The number of halogens is 1. The van der Waals surface area contributed by atoms with Crippen molar-refractivity contribution in [3.05, 3.63) is 72.1 Å². The molecule has 1 aliphatic rings. The zero-order valence-corrected chi connectivity index (χ0v) is 19.9. The zero-order valence-electron chi connectivity index (χ0n) is 19.1. The average molecular weight is 476 g/mol.